The normalized spacial score (nSPS) is 11.0. The number of aryl methyl sites for hydroxylation is 1. The standard InChI is InChI=1S/C17H23N3O2.ClH/c1-4-17(18,5-2)11-19-16(21)15-10-14(20-22-15)13-8-6-12(3)7-9-13;/h6-10H,4-5,11,18H2,1-3H3,(H,19,21);1H. The van der Waals surface area contributed by atoms with Gasteiger partial charge in [0.2, 0.25) is 5.76 Å². The lowest BCUT2D eigenvalue weighted by molar-refractivity contribution is 0.0905. The molecule has 1 aromatic heterocycles. The van der Waals surface area contributed by atoms with Gasteiger partial charge in [0.05, 0.1) is 0 Å². The van der Waals surface area contributed by atoms with Crippen LogP contribution in [0.2, 0.25) is 0 Å². The number of amides is 1. The van der Waals surface area contributed by atoms with Crippen LogP contribution in [0.5, 0.6) is 0 Å². The SMILES string of the molecule is CCC(N)(CC)CNC(=O)c1cc(-c2ccc(C)cc2)no1.Cl. The summed E-state index contributed by atoms with van der Waals surface area (Å²) in [5.41, 5.74) is 8.53. The summed E-state index contributed by atoms with van der Waals surface area (Å²) in [5.74, 6) is -0.0901. The molecule has 126 valence electrons. The zero-order valence-electron chi connectivity index (χ0n) is 13.8. The highest BCUT2D eigenvalue weighted by Gasteiger charge is 2.22. The van der Waals surface area contributed by atoms with Crippen LogP contribution in [0.15, 0.2) is 34.9 Å². The number of halogens is 1. The third-order valence-electron chi connectivity index (χ3n) is 4.09. The predicted octanol–water partition coefficient (Wildman–Crippen LogP) is 3.32. The smallest absolute Gasteiger partial charge is 0.289 e. The zero-order chi connectivity index (χ0) is 16.2. The van der Waals surface area contributed by atoms with E-state index in [1.807, 2.05) is 45.0 Å². The molecule has 3 N–H and O–H groups in total. The molecule has 0 fully saturated rings. The highest BCUT2D eigenvalue weighted by atomic mass is 35.5. The fourth-order valence-corrected chi connectivity index (χ4v) is 2.09. The molecule has 1 amide bonds. The van der Waals surface area contributed by atoms with Gasteiger partial charge in [0.15, 0.2) is 0 Å². The van der Waals surface area contributed by atoms with E-state index in [2.05, 4.69) is 10.5 Å². The van der Waals surface area contributed by atoms with Gasteiger partial charge in [-0.3, -0.25) is 4.79 Å². The Labute approximate surface area is 143 Å². The summed E-state index contributed by atoms with van der Waals surface area (Å²) in [4.78, 5) is 12.1. The maximum absolute atomic E-state index is 12.1. The monoisotopic (exact) mass is 337 g/mol. The minimum Gasteiger partial charge on any atom is -0.350 e. The minimum atomic E-state index is -0.379. The highest BCUT2D eigenvalue weighted by Crippen LogP contribution is 2.19. The van der Waals surface area contributed by atoms with Crippen molar-refractivity contribution < 1.29 is 9.32 Å². The van der Waals surface area contributed by atoms with Gasteiger partial charge in [0.1, 0.15) is 5.69 Å². The third-order valence-corrected chi connectivity index (χ3v) is 4.09. The summed E-state index contributed by atoms with van der Waals surface area (Å²) in [7, 11) is 0. The molecule has 0 saturated heterocycles. The quantitative estimate of drug-likeness (QED) is 0.847. The van der Waals surface area contributed by atoms with E-state index in [0.29, 0.717) is 12.2 Å². The number of nitrogens with one attached hydrogen (secondary N) is 1. The van der Waals surface area contributed by atoms with Gasteiger partial charge in [-0.1, -0.05) is 48.8 Å². The van der Waals surface area contributed by atoms with Crippen LogP contribution in [0.4, 0.5) is 0 Å². The van der Waals surface area contributed by atoms with Crippen molar-refractivity contribution in [1.82, 2.24) is 10.5 Å². The molecule has 0 aliphatic rings. The summed E-state index contributed by atoms with van der Waals surface area (Å²) < 4.78 is 5.14. The number of hydrogen-bond acceptors (Lipinski definition) is 4. The topological polar surface area (TPSA) is 81.1 Å². The molecule has 2 aromatic rings. The fourth-order valence-electron chi connectivity index (χ4n) is 2.09. The van der Waals surface area contributed by atoms with Gasteiger partial charge in [-0.2, -0.15) is 0 Å². The molecule has 0 unspecified atom stereocenters. The Balaban J connectivity index is 0.00000264. The van der Waals surface area contributed by atoms with Crippen molar-refractivity contribution in [3.8, 4) is 11.3 Å². The Morgan fingerprint density at radius 2 is 1.87 bits per heavy atom. The maximum Gasteiger partial charge on any atom is 0.289 e. The van der Waals surface area contributed by atoms with Crippen molar-refractivity contribution in [1.29, 1.82) is 0 Å². The highest BCUT2D eigenvalue weighted by molar-refractivity contribution is 5.92. The number of nitrogens with zero attached hydrogens (tertiary/aromatic N) is 1. The van der Waals surface area contributed by atoms with Crippen LogP contribution in [0.1, 0.15) is 42.8 Å². The van der Waals surface area contributed by atoms with E-state index in [-0.39, 0.29) is 29.6 Å². The summed E-state index contributed by atoms with van der Waals surface area (Å²) in [6.45, 7) is 6.46. The molecular weight excluding hydrogens is 314 g/mol. The Morgan fingerprint density at radius 3 is 2.43 bits per heavy atom. The summed E-state index contributed by atoms with van der Waals surface area (Å²) in [5, 5.41) is 6.77. The second-order valence-corrected chi connectivity index (χ2v) is 5.69. The van der Waals surface area contributed by atoms with Crippen molar-refractivity contribution in [2.24, 2.45) is 5.73 Å². The summed E-state index contributed by atoms with van der Waals surface area (Å²) in [6, 6.07) is 9.54. The summed E-state index contributed by atoms with van der Waals surface area (Å²) in [6.07, 6.45) is 1.60. The first-order valence-electron chi connectivity index (χ1n) is 7.58. The second kappa shape index (κ2) is 8.13. The predicted molar refractivity (Wildman–Crippen MR) is 93.8 cm³/mol. The molecule has 2 rings (SSSR count). The van der Waals surface area contributed by atoms with Crippen LogP contribution in [0, 0.1) is 6.92 Å². The number of benzene rings is 1. The van der Waals surface area contributed by atoms with Gasteiger partial charge in [0.25, 0.3) is 5.91 Å². The Kier molecular flexibility index (Phi) is 6.79. The Bertz CT molecular complexity index is 634. The molecule has 0 aliphatic carbocycles. The van der Waals surface area contributed by atoms with Crippen LogP contribution in [0.25, 0.3) is 11.3 Å². The lowest BCUT2D eigenvalue weighted by Gasteiger charge is -2.26. The van der Waals surface area contributed by atoms with E-state index in [0.717, 1.165) is 18.4 Å². The van der Waals surface area contributed by atoms with Crippen LogP contribution < -0.4 is 11.1 Å². The van der Waals surface area contributed by atoms with Gasteiger partial charge < -0.3 is 15.6 Å². The zero-order valence-corrected chi connectivity index (χ0v) is 14.6. The second-order valence-electron chi connectivity index (χ2n) is 5.69. The molecule has 0 spiro atoms. The largest absolute Gasteiger partial charge is 0.350 e. The van der Waals surface area contributed by atoms with Crippen LogP contribution in [-0.2, 0) is 0 Å². The third kappa shape index (κ3) is 4.81. The van der Waals surface area contributed by atoms with Gasteiger partial charge in [0, 0.05) is 23.7 Å². The lowest BCUT2D eigenvalue weighted by atomic mass is 9.94. The number of carbonyl (C=O) groups is 1. The van der Waals surface area contributed by atoms with Gasteiger partial charge in [-0.15, -0.1) is 12.4 Å². The van der Waals surface area contributed by atoms with Crippen molar-refractivity contribution in [2.45, 2.75) is 39.2 Å². The lowest BCUT2D eigenvalue weighted by Crippen LogP contribution is -2.49. The maximum atomic E-state index is 12.1. The Morgan fingerprint density at radius 1 is 1.26 bits per heavy atom. The first-order valence-corrected chi connectivity index (χ1v) is 7.58. The average molecular weight is 338 g/mol. The number of nitrogens with two attached hydrogens (primary N) is 1. The van der Waals surface area contributed by atoms with Crippen molar-refractivity contribution in [3.05, 3.63) is 41.7 Å². The van der Waals surface area contributed by atoms with Gasteiger partial charge >= 0.3 is 0 Å². The van der Waals surface area contributed by atoms with E-state index in [1.165, 1.54) is 5.56 Å². The van der Waals surface area contributed by atoms with E-state index in [4.69, 9.17) is 10.3 Å². The minimum absolute atomic E-state index is 0. The van der Waals surface area contributed by atoms with Gasteiger partial charge in [-0.25, -0.2) is 0 Å². The van der Waals surface area contributed by atoms with E-state index < -0.39 is 0 Å². The van der Waals surface area contributed by atoms with E-state index in [1.54, 1.807) is 6.07 Å². The number of aromatic nitrogens is 1. The number of rotatable bonds is 6. The molecule has 6 heteroatoms. The van der Waals surface area contributed by atoms with Crippen LogP contribution >= 0.6 is 12.4 Å². The molecule has 0 radical (unpaired) electrons. The van der Waals surface area contributed by atoms with E-state index >= 15 is 0 Å². The van der Waals surface area contributed by atoms with Crippen LogP contribution in [-0.4, -0.2) is 23.1 Å². The number of hydrogen-bond donors (Lipinski definition) is 2. The Hall–Kier alpha value is -1.85. The van der Waals surface area contributed by atoms with Gasteiger partial charge in [-0.05, 0) is 19.8 Å². The van der Waals surface area contributed by atoms with Crippen molar-refractivity contribution >= 4 is 18.3 Å². The molecule has 0 atom stereocenters. The molecule has 1 aromatic carbocycles. The average Bonchev–Trinajstić information content (AvgIpc) is 3.03. The fraction of sp³-hybridized carbons (Fsp3) is 0.412. The molecule has 5 nitrogen and oxygen atoms in total. The van der Waals surface area contributed by atoms with E-state index in [9.17, 15) is 4.79 Å². The molecule has 0 bridgehead atoms. The first kappa shape index (κ1) is 19.2. The summed E-state index contributed by atoms with van der Waals surface area (Å²) >= 11 is 0. The molecule has 23 heavy (non-hydrogen) atoms. The molecule has 0 aliphatic heterocycles. The molecule has 0 saturated carbocycles. The van der Waals surface area contributed by atoms with Crippen LogP contribution in [0.3, 0.4) is 0 Å². The molecule has 1 heterocycles. The number of carbonyl (C=O) groups excluding carboxylic acids is 1. The first-order chi connectivity index (χ1) is 10.5. The molecular formula is C17H24ClN3O2. The van der Waals surface area contributed by atoms with Crippen molar-refractivity contribution in [3.63, 3.8) is 0 Å². The van der Waals surface area contributed by atoms with Crippen molar-refractivity contribution in [2.75, 3.05) is 6.54 Å².